The molecule has 0 bridgehead atoms. The number of hydrogen-bond acceptors (Lipinski definition) is 2. The summed E-state index contributed by atoms with van der Waals surface area (Å²) < 4.78 is 0. The minimum absolute atomic E-state index is 0.267. The minimum atomic E-state index is -0.689. The number of rotatable bonds is 5. The fourth-order valence-corrected chi connectivity index (χ4v) is 2.68. The van der Waals surface area contributed by atoms with Crippen LogP contribution in [-0.2, 0) is 4.79 Å². The zero-order valence-corrected chi connectivity index (χ0v) is 9.91. The molecule has 1 saturated carbocycles. The molecule has 0 aromatic carbocycles. The van der Waals surface area contributed by atoms with Crippen molar-refractivity contribution in [2.75, 3.05) is 13.6 Å². The lowest BCUT2D eigenvalue weighted by Crippen LogP contribution is -2.40. The van der Waals surface area contributed by atoms with Crippen molar-refractivity contribution in [1.82, 2.24) is 4.90 Å². The molecule has 3 nitrogen and oxygen atoms in total. The van der Waals surface area contributed by atoms with Crippen molar-refractivity contribution in [3.05, 3.63) is 0 Å². The SMILES string of the molecule is CCC1CCCCC1N(C)CCC(=O)O. The Morgan fingerprint density at radius 2 is 2.07 bits per heavy atom. The molecule has 0 spiro atoms. The molecular formula is C12H23NO2. The van der Waals surface area contributed by atoms with Gasteiger partial charge in [0, 0.05) is 12.6 Å². The highest BCUT2D eigenvalue weighted by Gasteiger charge is 2.26. The van der Waals surface area contributed by atoms with Crippen LogP contribution in [0.3, 0.4) is 0 Å². The zero-order chi connectivity index (χ0) is 11.3. The molecular weight excluding hydrogens is 190 g/mol. The molecule has 3 heteroatoms. The highest BCUT2D eigenvalue weighted by Crippen LogP contribution is 2.29. The number of carboxylic acid groups (broad SMARTS) is 1. The van der Waals surface area contributed by atoms with E-state index in [4.69, 9.17) is 5.11 Å². The summed E-state index contributed by atoms with van der Waals surface area (Å²) >= 11 is 0. The van der Waals surface area contributed by atoms with Crippen LogP contribution in [0.15, 0.2) is 0 Å². The number of hydrogen-bond donors (Lipinski definition) is 1. The van der Waals surface area contributed by atoms with Crippen molar-refractivity contribution >= 4 is 5.97 Å². The van der Waals surface area contributed by atoms with Gasteiger partial charge in [-0.1, -0.05) is 26.2 Å². The van der Waals surface area contributed by atoms with E-state index in [-0.39, 0.29) is 6.42 Å². The molecule has 1 rings (SSSR count). The molecule has 0 amide bonds. The first-order valence-corrected chi connectivity index (χ1v) is 6.07. The van der Waals surface area contributed by atoms with Crippen LogP contribution < -0.4 is 0 Å². The van der Waals surface area contributed by atoms with Crippen LogP contribution in [0.25, 0.3) is 0 Å². The quantitative estimate of drug-likeness (QED) is 0.762. The topological polar surface area (TPSA) is 40.5 Å². The van der Waals surface area contributed by atoms with Crippen LogP contribution in [0.1, 0.15) is 45.4 Å². The van der Waals surface area contributed by atoms with Crippen LogP contribution in [-0.4, -0.2) is 35.6 Å². The fraction of sp³-hybridized carbons (Fsp3) is 0.917. The molecule has 0 aliphatic heterocycles. The maximum absolute atomic E-state index is 10.5. The lowest BCUT2D eigenvalue weighted by molar-refractivity contribution is -0.137. The Balaban J connectivity index is 2.40. The number of nitrogens with zero attached hydrogens (tertiary/aromatic N) is 1. The first-order chi connectivity index (χ1) is 7.15. The molecule has 1 N–H and O–H groups in total. The maximum atomic E-state index is 10.5. The summed E-state index contributed by atoms with van der Waals surface area (Å²) in [4.78, 5) is 12.8. The first kappa shape index (κ1) is 12.5. The van der Waals surface area contributed by atoms with Gasteiger partial charge in [-0.15, -0.1) is 0 Å². The predicted molar refractivity (Wildman–Crippen MR) is 60.9 cm³/mol. The Bertz CT molecular complexity index is 206. The van der Waals surface area contributed by atoms with E-state index in [1.807, 2.05) is 0 Å². The Morgan fingerprint density at radius 3 is 2.67 bits per heavy atom. The Hall–Kier alpha value is -0.570. The fourth-order valence-electron chi connectivity index (χ4n) is 2.68. The van der Waals surface area contributed by atoms with Crippen molar-refractivity contribution in [2.24, 2.45) is 5.92 Å². The second kappa shape index (κ2) is 6.11. The van der Waals surface area contributed by atoms with Crippen molar-refractivity contribution in [3.8, 4) is 0 Å². The lowest BCUT2D eigenvalue weighted by Gasteiger charge is -2.37. The third-order valence-electron chi connectivity index (χ3n) is 3.64. The van der Waals surface area contributed by atoms with Crippen LogP contribution in [0.4, 0.5) is 0 Å². The standard InChI is InChI=1S/C12H23NO2/c1-3-10-6-4-5-7-11(10)13(2)9-8-12(14)15/h10-11H,3-9H2,1-2H3,(H,14,15). The van der Waals surface area contributed by atoms with Crippen molar-refractivity contribution in [1.29, 1.82) is 0 Å². The Morgan fingerprint density at radius 1 is 1.40 bits per heavy atom. The number of aliphatic carboxylic acids is 1. The van der Waals surface area contributed by atoms with E-state index in [0.717, 1.165) is 5.92 Å². The van der Waals surface area contributed by atoms with Gasteiger partial charge in [0.25, 0.3) is 0 Å². The largest absolute Gasteiger partial charge is 0.481 e. The van der Waals surface area contributed by atoms with Crippen LogP contribution in [0.5, 0.6) is 0 Å². The first-order valence-electron chi connectivity index (χ1n) is 6.07. The highest BCUT2D eigenvalue weighted by molar-refractivity contribution is 5.66. The second-order valence-electron chi connectivity index (χ2n) is 4.64. The van der Waals surface area contributed by atoms with Gasteiger partial charge in [-0.25, -0.2) is 0 Å². The van der Waals surface area contributed by atoms with Crippen LogP contribution >= 0.6 is 0 Å². The average Bonchev–Trinajstić information content (AvgIpc) is 2.25. The lowest BCUT2D eigenvalue weighted by atomic mass is 9.82. The van der Waals surface area contributed by atoms with Gasteiger partial charge in [0.15, 0.2) is 0 Å². The van der Waals surface area contributed by atoms with Gasteiger partial charge in [-0.05, 0) is 25.8 Å². The van der Waals surface area contributed by atoms with Gasteiger partial charge in [0.05, 0.1) is 6.42 Å². The van der Waals surface area contributed by atoms with Crippen molar-refractivity contribution < 1.29 is 9.90 Å². The summed E-state index contributed by atoms with van der Waals surface area (Å²) in [7, 11) is 2.07. The Kier molecular flexibility index (Phi) is 5.09. The van der Waals surface area contributed by atoms with E-state index in [2.05, 4.69) is 18.9 Å². The van der Waals surface area contributed by atoms with E-state index in [1.165, 1.54) is 32.1 Å². The van der Waals surface area contributed by atoms with E-state index < -0.39 is 5.97 Å². The maximum Gasteiger partial charge on any atom is 0.304 e. The molecule has 2 atom stereocenters. The molecule has 1 fully saturated rings. The molecule has 15 heavy (non-hydrogen) atoms. The van der Waals surface area contributed by atoms with E-state index >= 15 is 0 Å². The van der Waals surface area contributed by atoms with Gasteiger partial charge in [0.2, 0.25) is 0 Å². The molecule has 0 aromatic heterocycles. The van der Waals surface area contributed by atoms with Gasteiger partial charge >= 0.3 is 5.97 Å². The van der Waals surface area contributed by atoms with E-state index in [0.29, 0.717) is 12.6 Å². The summed E-state index contributed by atoms with van der Waals surface area (Å²) in [6.07, 6.45) is 6.71. The molecule has 0 radical (unpaired) electrons. The third kappa shape index (κ3) is 3.82. The molecule has 1 aliphatic rings. The summed E-state index contributed by atoms with van der Waals surface area (Å²) in [5, 5.41) is 8.66. The highest BCUT2D eigenvalue weighted by atomic mass is 16.4. The smallest absolute Gasteiger partial charge is 0.304 e. The van der Waals surface area contributed by atoms with Gasteiger partial charge in [-0.3, -0.25) is 4.79 Å². The van der Waals surface area contributed by atoms with Crippen molar-refractivity contribution in [3.63, 3.8) is 0 Å². The molecule has 0 aromatic rings. The number of carbonyl (C=O) groups is 1. The average molecular weight is 213 g/mol. The number of carboxylic acids is 1. The van der Waals surface area contributed by atoms with E-state index in [1.54, 1.807) is 0 Å². The summed E-state index contributed by atoms with van der Waals surface area (Å²) in [6, 6.07) is 0.614. The minimum Gasteiger partial charge on any atom is -0.481 e. The van der Waals surface area contributed by atoms with Gasteiger partial charge < -0.3 is 10.0 Å². The molecule has 1 aliphatic carbocycles. The van der Waals surface area contributed by atoms with E-state index in [9.17, 15) is 4.79 Å². The normalized spacial score (nSPS) is 26.9. The van der Waals surface area contributed by atoms with Gasteiger partial charge in [0.1, 0.15) is 0 Å². The van der Waals surface area contributed by atoms with Crippen LogP contribution in [0.2, 0.25) is 0 Å². The monoisotopic (exact) mass is 213 g/mol. The third-order valence-corrected chi connectivity index (χ3v) is 3.64. The summed E-state index contributed by atoms with van der Waals surface area (Å²) in [5.74, 6) is 0.0863. The van der Waals surface area contributed by atoms with Crippen LogP contribution in [0, 0.1) is 5.92 Å². The summed E-state index contributed by atoms with van der Waals surface area (Å²) in [6.45, 7) is 2.94. The predicted octanol–water partition coefficient (Wildman–Crippen LogP) is 2.36. The van der Waals surface area contributed by atoms with Gasteiger partial charge in [-0.2, -0.15) is 0 Å². The summed E-state index contributed by atoms with van der Waals surface area (Å²) in [5.41, 5.74) is 0. The molecule has 0 saturated heterocycles. The zero-order valence-electron chi connectivity index (χ0n) is 9.91. The molecule has 2 unspecified atom stereocenters. The Labute approximate surface area is 92.5 Å². The molecule has 88 valence electrons. The molecule has 0 heterocycles. The van der Waals surface area contributed by atoms with Crippen molar-refractivity contribution in [2.45, 2.75) is 51.5 Å². The second-order valence-corrected chi connectivity index (χ2v) is 4.64.